The Morgan fingerprint density at radius 2 is 1.92 bits per heavy atom. The SMILES string of the molecule is COc1cc(/C=C2\SC(=Nc3cccc(C(=O)O)c3C)N(C)C2=O)cc(Cl)c1OCc1ccccc1. The number of halogens is 1. The standard InChI is InChI=1S/C27H23ClN2O5S/c1-16-19(26(32)33)10-7-11-21(16)29-27-30(2)25(31)23(36-27)14-18-12-20(28)24(22(13-18)34-3)35-15-17-8-5-4-6-9-17/h4-14H,15H2,1-3H3,(H,32,33)/b23-14-,29-27?. The summed E-state index contributed by atoms with van der Waals surface area (Å²) >= 11 is 7.71. The van der Waals surface area contributed by atoms with Crippen LogP contribution in [-0.4, -0.2) is 41.2 Å². The van der Waals surface area contributed by atoms with E-state index in [1.807, 2.05) is 30.3 Å². The van der Waals surface area contributed by atoms with Crippen molar-refractivity contribution in [3.05, 3.63) is 92.8 Å². The Morgan fingerprint density at radius 3 is 2.61 bits per heavy atom. The van der Waals surface area contributed by atoms with Gasteiger partial charge in [-0.3, -0.25) is 9.69 Å². The van der Waals surface area contributed by atoms with Crippen molar-refractivity contribution in [2.24, 2.45) is 4.99 Å². The lowest BCUT2D eigenvalue weighted by Crippen LogP contribution is -2.23. The molecule has 0 unspecified atom stereocenters. The normalized spacial score (nSPS) is 15.6. The molecule has 0 saturated carbocycles. The van der Waals surface area contributed by atoms with Gasteiger partial charge < -0.3 is 14.6 Å². The molecule has 1 amide bonds. The molecule has 0 radical (unpaired) electrons. The van der Waals surface area contributed by atoms with Gasteiger partial charge in [-0.2, -0.15) is 0 Å². The molecule has 0 spiro atoms. The number of benzene rings is 3. The van der Waals surface area contributed by atoms with E-state index in [4.69, 9.17) is 21.1 Å². The zero-order chi connectivity index (χ0) is 25.8. The third-order valence-corrected chi connectivity index (χ3v) is 6.87. The van der Waals surface area contributed by atoms with Crippen LogP contribution in [0.5, 0.6) is 11.5 Å². The van der Waals surface area contributed by atoms with Crippen molar-refractivity contribution < 1.29 is 24.2 Å². The zero-order valence-electron chi connectivity index (χ0n) is 19.8. The molecule has 1 aliphatic heterocycles. The molecular formula is C27H23ClN2O5S. The van der Waals surface area contributed by atoms with Gasteiger partial charge in [-0.15, -0.1) is 0 Å². The second-order valence-electron chi connectivity index (χ2n) is 7.93. The van der Waals surface area contributed by atoms with Gasteiger partial charge in [-0.05, 0) is 65.7 Å². The molecule has 7 nitrogen and oxygen atoms in total. The third kappa shape index (κ3) is 5.40. The van der Waals surface area contributed by atoms with Crippen molar-refractivity contribution in [3.63, 3.8) is 0 Å². The number of carboxylic acids is 1. The summed E-state index contributed by atoms with van der Waals surface area (Å²) in [4.78, 5) is 30.8. The molecule has 4 rings (SSSR count). The second kappa shape index (κ2) is 10.9. The van der Waals surface area contributed by atoms with Crippen LogP contribution in [0.3, 0.4) is 0 Å². The molecular weight excluding hydrogens is 500 g/mol. The van der Waals surface area contributed by atoms with Gasteiger partial charge in [0.25, 0.3) is 5.91 Å². The summed E-state index contributed by atoms with van der Waals surface area (Å²) < 4.78 is 11.4. The lowest BCUT2D eigenvalue weighted by molar-refractivity contribution is -0.121. The molecule has 9 heteroatoms. The summed E-state index contributed by atoms with van der Waals surface area (Å²) in [5.41, 5.74) is 2.84. The van der Waals surface area contributed by atoms with E-state index in [0.717, 1.165) is 5.56 Å². The predicted octanol–water partition coefficient (Wildman–Crippen LogP) is 6.17. The Labute approximate surface area is 218 Å². The minimum atomic E-state index is -1.03. The number of carbonyl (C=O) groups is 2. The number of amidine groups is 1. The lowest BCUT2D eigenvalue weighted by atomic mass is 10.1. The van der Waals surface area contributed by atoms with Gasteiger partial charge in [0, 0.05) is 7.05 Å². The van der Waals surface area contributed by atoms with E-state index in [1.54, 1.807) is 44.3 Å². The average molecular weight is 523 g/mol. The topological polar surface area (TPSA) is 88.4 Å². The summed E-state index contributed by atoms with van der Waals surface area (Å²) in [6, 6.07) is 18.0. The first kappa shape index (κ1) is 25.3. The smallest absolute Gasteiger partial charge is 0.336 e. The molecule has 0 atom stereocenters. The maximum Gasteiger partial charge on any atom is 0.336 e. The largest absolute Gasteiger partial charge is 0.493 e. The Hall–Kier alpha value is -3.75. The number of carboxylic acid groups (broad SMARTS) is 1. The van der Waals surface area contributed by atoms with Crippen LogP contribution in [0.2, 0.25) is 5.02 Å². The fraction of sp³-hybridized carbons (Fsp3) is 0.148. The van der Waals surface area contributed by atoms with Crippen LogP contribution >= 0.6 is 23.4 Å². The number of aromatic carboxylic acids is 1. The van der Waals surface area contributed by atoms with E-state index in [2.05, 4.69) is 4.99 Å². The first-order valence-electron chi connectivity index (χ1n) is 10.9. The summed E-state index contributed by atoms with van der Waals surface area (Å²) in [5, 5.41) is 10.2. The molecule has 36 heavy (non-hydrogen) atoms. The molecule has 3 aromatic rings. The van der Waals surface area contributed by atoms with E-state index >= 15 is 0 Å². The molecule has 1 heterocycles. The zero-order valence-corrected chi connectivity index (χ0v) is 21.4. The number of methoxy groups -OCH3 is 1. The summed E-state index contributed by atoms with van der Waals surface area (Å²) in [6.45, 7) is 2.02. The number of carbonyl (C=O) groups excluding carboxylic acids is 1. The van der Waals surface area contributed by atoms with Crippen molar-refractivity contribution in [3.8, 4) is 11.5 Å². The fourth-order valence-electron chi connectivity index (χ4n) is 3.58. The molecule has 3 aromatic carbocycles. The number of aliphatic imine (C=N–C) groups is 1. The van der Waals surface area contributed by atoms with Crippen molar-refractivity contribution in [2.75, 3.05) is 14.2 Å². The first-order valence-corrected chi connectivity index (χ1v) is 12.1. The van der Waals surface area contributed by atoms with Crippen LogP contribution in [0.25, 0.3) is 6.08 Å². The number of nitrogens with zero attached hydrogens (tertiary/aromatic N) is 2. The van der Waals surface area contributed by atoms with Crippen molar-refractivity contribution in [2.45, 2.75) is 13.5 Å². The van der Waals surface area contributed by atoms with Crippen molar-refractivity contribution in [1.29, 1.82) is 0 Å². The van der Waals surface area contributed by atoms with Gasteiger partial charge in [-0.25, -0.2) is 9.79 Å². The molecule has 1 saturated heterocycles. The Morgan fingerprint density at radius 1 is 1.17 bits per heavy atom. The highest BCUT2D eigenvalue weighted by Crippen LogP contribution is 2.39. The van der Waals surface area contributed by atoms with Crippen LogP contribution in [0, 0.1) is 6.92 Å². The average Bonchev–Trinajstić information content (AvgIpc) is 3.12. The van der Waals surface area contributed by atoms with Crippen LogP contribution in [0.15, 0.2) is 70.6 Å². The molecule has 1 fully saturated rings. The third-order valence-electron chi connectivity index (χ3n) is 5.53. The number of thioether (sulfide) groups is 1. The second-order valence-corrected chi connectivity index (χ2v) is 9.35. The quantitative estimate of drug-likeness (QED) is 0.373. The molecule has 0 aromatic heterocycles. The summed E-state index contributed by atoms with van der Waals surface area (Å²) in [7, 11) is 3.15. The predicted molar refractivity (Wildman–Crippen MR) is 142 cm³/mol. The number of ether oxygens (including phenoxy) is 2. The van der Waals surface area contributed by atoms with E-state index < -0.39 is 5.97 Å². The van der Waals surface area contributed by atoms with Gasteiger partial charge in [-0.1, -0.05) is 48.0 Å². The highest BCUT2D eigenvalue weighted by Gasteiger charge is 2.31. The van der Waals surface area contributed by atoms with Crippen LogP contribution in [0.4, 0.5) is 5.69 Å². The van der Waals surface area contributed by atoms with Gasteiger partial charge in [0.1, 0.15) is 6.61 Å². The highest BCUT2D eigenvalue weighted by atomic mass is 35.5. The minimum absolute atomic E-state index is 0.168. The molecule has 184 valence electrons. The fourth-order valence-corrected chi connectivity index (χ4v) is 4.83. The van der Waals surface area contributed by atoms with Crippen molar-refractivity contribution in [1.82, 2.24) is 4.90 Å². The maximum atomic E-state index is 12.9. The van der Waals surface area contributed by atoms with Gasteiger partial charge >= 0.3 is 5.97 Å². The van der Waals surface area contributed by atoms with Crippen LogP contribution in [-0.2, 0) is 11.4 Å². The first-order chi connectivity index (χ1) is 17.3. The van der Waals surface area contributed by atoms with Crippen LogP contribution < -0.4 is 9.47 Å². The Bertz CT molecular complexity index is 1390. The highest BCUT2D eigenvalue weighted by molar-refractivity contribution is 8.18. The monoisotopic (exact) mass is 522 g/mol. The lowest BCUT2D eigenvalue weighted by Gasteiger charge is -2.13. The van der Waals surface area contributed by atoms with Crippen molar-refractivity contribution >= 4 is 52.2 Å². The van der Waals surface area contributed by atoms with Gasteiger partial charge in [0.15, 0.2) is 16.7 Å². The molecule has 0 aliphatic carbocycles. The van der Waals surface area contributed by atoms with Gasteiger partial charge in [0.2, 0.25) is 0 Å². The summed E-state index contributed by atoms with van der Waals surface area (Å²) in [6.07, 6.45) is 1.71. The Balaban J connectivity index is 1.60. The minimum Gasteiger partial charge on any atom is -0.493 e. The van der Waals surface area contributed by atoms with E-state index in [0.29, 0.717) is 50.0 Å². The summed E-state index contributed by atoms with van der Waals surface area (Å²) in [5.74, 6) is -0.390. The number of hydrogen-bond donors (Lipinski definition) is 1. The number of hydrogen-bond acceptors (Lipinski definition) is 6. The van der Waals surface area contributed by atoms with Crippen LogP contribution in [0.1, 0.15) is 27.0 Å². The van der Waals surface area contributed by atoms with E-state index in [1.165, 1.54) is 29.8 Å². The number of likely N-dealkylation sites (N-methyl/N-ethyl adjacent to an activating group) is 1. The molecule has 0 bridgehead atoms. The number of amides is 1. The molecule has 1 aliphatic rings. The Kier molecular flexibility index (Phi) is 7.67. The maximum absolute atomic E-state index is 12.9. The number of rotatable bonds is 7. The molecule has 1 N–H and O–H groups in total. The van der Waals surface area contributed by atoms with Gasteiger partial charge in [0.05, 0.1) is 28.3 Å². The van der Waals surface area contributed by atoms with E-state index in [9.17, 15) is 14.7 Å². The van der Waals surface area contributed by atoms with E-state index in [-0.39, 0.29) is 11.5 Å².